The highest BCUT2D eigenvalue weighted by Crippen LogP contribution is 2.20. The molecule has 1 aromatic carbocycles. The van der Waals surface area contributed by atoms with Gasteiger partial charge in [-0.1, -0.05) is 12.1 Å². The van der Waals surface area contributed by atoms with Gasteiger partial charge in [0.25, 0.3) is 0 Å². The maximum Gasteiger partial charge on any atom is 0.319 e. The Kier molecular flexibility index (Phi) is 6.47. The third kappa shape index (κ3) is 5.58. The molecule has 0 saturated heterocycles. The third-order valence-electron chi connectivity index (χ3n) is 2.49. The lowest BCUT2D eigenvalue weighted by Gasteiger charge is -2.10. The van der Waals surface area contributed by atoms with Gasteiger partial charge in [-0.3, -0.25) is 0 Å². The van der Waals surface area contributed by atoms with E-state index in [4.69, 9.17) is 4.74 Å². The Balaban J connectivity index is 2.54. The van der Waals surface area contributed by atoms with Crippen molar-refractivity contribution in [1.29, 1.82) is 0 Å². The molecule has 0 radical (unpaired) electrons. The second-order valence-corrected chi connectivity index (χ2v) is 6.18. The number of urea groups is 1. The molecule has 0 saturated carbocycles. The van der Waals surface area contributed by atoms with E-state index in [1.165, 1.54) is 6.07 Å². The van der Waals surface area contributed by atoms with Crippen LogP contribution in [-0.2, 0) is 14.6 Å². The molecule has 1 aromatic rings. The number of hydrogen-bond acceptors (Lipinski definition) is 4. The molecular weight excluding hydrogens is 280 g/mol. The van der Waals surface area contributed by atoms with Crippen LogP contribution in [0.5, 0.6) is 0 Å². The Morgan fingerprint density at radius 2 is 2.00 bits per heavy atom. The van der Waals surface area contributed by atoms with Crippen molar-refractivity contribution in [1.82, 2.24) is 5.32 Å². The molecule has 0 aromatic heterocycles. The highest BCUT2D eigenvalue weighted by Gasteiger charge is 2.13. The van der Waals surface area contributed by atoms with E-state index < -0.39 is 15.9 Å². The van der Waals surface area contributed by atoms with E-state index in [0.717, 1.165) is 6.26 Å². The van der Waals surface area contributed by atoms with E-state index in [0.29, 0.717) is 26.2 Å². The number of carbonyl (C=O) groups excluding carboxylic acids is 1. The Morgan fingerprint density at radius 3 is 2.65 bits per heavy atom. The number of ether oxygens (including phenoxy) is 1. The van der Waals surface area contributed by atoms with Crippen molar-refractivity contribution in [3.05, 3.63) is 24.3 Å². The molecule has 0 unspecified atom stereocenters. The van der Waals surface area contributed by atoms with Gasteiger partial charge in [0.15, 0.2) is 9.84 Å². The summed E-state index contributed by atoms with van der Waals surface area (Å²) in [6, 6.07) is 5.86. The summed E-state index contributed by atoms with van der Waals surface area (Å²) in [5, 5.41) is 5.18. The molecule has 0 aliphatic rings. The minimum absolute atomic E-state index is 0.101. The van der Waals surface area contributed by atoms with E-state index in [1.54, 1.807) is 18.2 Å². The largest absolute Gasteiger partial charge is 0.382 e. The van der Waals surface area contributed by atoms with Gasteiger partial charge < -0.3 is 15.4 Å². The number of nitrogens with one attached hydrogen (secondary N) is 2. The van der Waals surface area contributed by atoms with Crippen molar-refractivity contribution in [3.8, 4) is 0 Å². The molecular formula is C13H20N2O4S. The summed E-state index contributed by atoms with van der Waals surface area (Å²) >= 11 is 0. The fraction of sp³-hybridized carbons (Fsp3) is 0.462. The number of sulfone groups is 1. The van der Waals surface area contributed by atoms with Crippen molar-refractivity contribution < 1.29 is 17.9 Å². The molecule has 0 atom stereocenters. The first-order valence-corrected chi connectivity index (χ1v) is 8.26. The molecule has 2 N–H and O–H groups in total. The van der Waals surface area contributed by atoms with E-state index in [2.05, 4.69) is 10.6 Å². The summed E-state index contributed by atoms with van der Waals surface area (Å²) in [4.78, 5) is 11.8. The van der Waals surface area contributed by atoms with Crippen molar-refractivity contribution >= 4 is 21.6 Å². The fourth-order valence-electron chi connectivity index (χ4n) is 1.58. The Bertz CT molecular complexity index is 543. The molecule has 7 heteroatoms. The summed E-state index contributed by atoms with van der Waals surface area (Å²) in [7, 11) is -3.37. The van der Waals surface area contributed by atoms with Gasteiger partial charge in [-0.05, 0) is 25.5 Å². The first-order valence-electron chi connectivity index (χ1n) is 6.37. The van der Waals surface area contributed by atoms with E-state index >= 15 is 0 Å². The zero-order chi connectivity index (χ0) is 15.0. The highest BCUT2D eigenvalue weighted by molar-refractivity contribution is 7.90. The summed E-state index contributed by atoms with van der Waals surface area (Å²) in [6.45, 7) is 3.60. The number of benzene rings is 1. The zero-order valence-corrected chi connectivity index (χ0v) is 12.5. The lowest BCUT2D eigenvalue weighted by Crippen LogP contribution is -2.30. The number of rotatable bonds is 7. The second kappa shape index (κ2) is 7.86. The normalized spacial score (nSPS) is 11.1. The fourth-order valence-corrected chi connectivity index (χ4v) is 2.42. The predicted octanol–water partition coefficient (Wildman–Crippen LogP) is 1.64. The van der Waals surface area contributed by atoms with E-state index in [1.807, 2.05) is 6.92 Å². The van der Waals surface area contributed by atoms with Gasteiger partial charge >= 0.3 is 6.03 Å². The molecule has 20 heavy (non-hydrogen) atoms. The average molecular weight is 300 g/mol. The predicted molar refractivity (Wildman–Crippen MR) is 77.7 cm³/mol. The molecule has 0 bridgehead atoms. The molecule has 0 heterocycles. The lowest BCUT2D eigenvalue weighted by atomic mass is 10.3. The second-order valence-electron chi connectivity index (χ2n) is 4.20. The quantitative estimate of drug-likeness (QED) is 0.750. The van der Waals surface area contributed by atoms with E-state index in [-0.39, 0.29) is 10.6 Å². The summed E-state index contributed by atoms with van der Waals surface area (Å²) in [5.41, 5.74) is 0.275. The Hall–Kier alpha value is -1.60. The minimum Gasteiger partial charge on any atom is -0.382 e. The topological polar surface area (TPSA) is 84.5 Å². The first kappa shape index (κ1) is 16.5. The van der Waals surface area contributed by atoms with Crippen LogP contribution in [0.4, 0.5) is 10.5 Å². The van der Waals surface area contributed by atoms with Crippen molar-refractivity contribution in [2.24, 2.45) is 0 Å². The van der Waals surface area contributed by atoms with Crippen molar-refractivity contribution in [2.45, 2.75) is 18.2 Å². The minimum atomic E-state index is -3.37. The maximum atomic E-state index is 11.7. The third-order valence-corrected chi connectivity index (χ3v) is 3.64. The monoisotopic (exact) mass is 300 g/mol. The first-order chi connectivity index (χ1) is 9.45. The van der Waals surface area contributed by atoms with Crippen LogP contribution in [0.1, 0.15) is 13.3 Å². The molecule has 112 valence electrons. The SMILES string of the molecule is CCOCCCNC(=O)Nc1ccccc1S(C)(=O)=O. The Morgan fingerprint density at radius 1 is 1.30 bits per heavy atom. The van der Waals surface area contributed by atoms with Gasteiger partial charge in [0.2, 0.25) is 0 Å². The van der Waals surface area contributed by atoms with Crippen molar-refractivity contribution in [2.75, 3.05) is 31.3 Å². The molecule has 0 spiro atoms. The molecule has 0 aliphatic heterocycles. The van der Waals surface area contributed by atoms with Gasteiger partial charge in [-0.15, -0.1) is 0 Å². The molecule has 2 amide bonds. The smallest absolute Gasteiger partial charge is 0.319 e. The standard InChI is InChI=1S/C13H20N2O4S/c1-3-19-10-6-9-14-13(16)15-11-7-4-5-8-12(11)20(2,17)18/h4-5,7-8H,3,6,9-10H2,1-2H3,(H2,14,15,16). The molecule has 0 fully saturated rings. The van der Waals surface area contributed by atoms with Crippen LogP contribution in [0.15, 0.2) is 29.2 Å². The number of amides is 2. The van der Waals surface area contributed by atoms with Gasteiger partial charge in [0.05, 0.1) is 10.6 Å². The number of carbonyl (C=O) groups is 1. The maximum absolute atomic E-state index is 11.7. The Labute approximate surface area is 119 Å². The summed E-state index contributed by atoms with van der Waals surface area (Å²) < 4.78 is 28.3. The van der Waals surface area contributed by atoms with Crippen LogP contribution in [0.2, 0.25) is 0 Å². The number of anilines is 1. The zero-order valence-electron chi connectivity index (χ0n) is 11.7. The molecule has 6 nitrogen and oxygen atoms in total. The summed E-state index contributed by atoms with van der Waals surface area (Å²) in [6.07, 6.45) is 1.81. The van der Waals surface area contributed by atoms with Gasteiger partial charge in [-0.25, -0.2) is 13.2 Å². The van der Waals surface area contributed by atoms with E-state index in [9.17, 15) is 13.2 Å². The van der Waals surface area contributed by atoms with Crippen LogP contribution < -0.4 is 10.6 Å². The van der Waals surface area contributed by atoms with Crippen LogP contribution >= 0.6 is 0 Å². The van der Waals surface area contributed by atoms with Crippen LogP contribution in [-0.4, -0.2) is 40.5 Å². The lowest BCUT2D eigenvalue weighted by molar-refractivity contribution is 0.145. The average Bonchev–Trinajstić information content (AvgIpc) is 2.38. The van der Waals surface area contributed by atoms with Crippen LogP contribution in [0.3, 0.4) is 0 Å². The highest BCUT2D eigenvalue weighted by atomic mass is 32.2. The molecule has 1 rings (SSSR count). The van der Waals surface area contributed by atoms with Crippen LogP contribution in [0, 0.1) is 0 Å². The number of hydrogen-bond donors (Lipinski definition) is 2. The van der Waals surface area contributed by atoms with Gasteiger partial charge in [-0.2, -0.15) is 0 Å². The summed E-state index contributed by atoms with van der Waals surface area (Å²) in [5.74, 6) is 0. The van der Waals surface area contributed by atoms with Gasteiger partial charge in [0.1, 0.15) is 0 Å². The van der Waals surface area contributed by atoms with Crippen LogP contribution in [0.25, 0.3) is 0 Å². The number of para-hydroxylation sites is 1. The van der Waals surface area contributed by atoms with Gasteiger partial charge in [0, 0.05) is 26.0 Å². The molecule has 0 aliphatic carbocycles. The van der Waals surface area contributed by atoms with Crippen molar-refractivity contribution in [3.63, 3.8) is 0 Å².